The van der Waals surface area contributed by atoms with E-state index in [1.165, 1.54) is 4.90 Å². The van der Waals surface area contributed by atoms with Crippen LogP contribution in [0, 0.1) is 6.92 Å². The Kier molecular flexibility index (Phi) is 3.64. The van der Waals surface area contributed by atoms with Crippen molar-refractivity contribution in [1.82, 2.24) is 0 Å². The lowest BCUT2D eigenvalue weighted by molar-refractivity contribution is -0.904. The van der Waals surface area contributed by atoms with Gasteiger partial charge in [-0.05, 0) is 31.2 Å². The van der Waals surface area contributed by atoms with E-state index in [9.17, 15) is 9.59 Å². The van der Waals surface area contributed by atoms with Crippen LogP contribution in [0.3, 0.4) is 0 Å². The molecule has 29 heavy (non-hydrogen) atoms. The summed E-state index contributed by atoms with van der Waals surface area (Å²) in [5.74, 6) is -0.504. The maximum Gasteiger partial charge on any atom is 0.266 e. The molecular formula is C24H24N3O2+. The Morgan fingerprint density at radius 2 is 1.62 bits per heavy atom. The first-order valence-electron chi connectivity index (χ1n) is 9.84. The number of carbonyl (C=O) groups excluding carboxylic acids is 2. The van der Waals surface area contributed by atoms with Crippen molar-refractivity contribution in [2.75, 3.05) is 37.6 Å². The van der Waals surface area contributed by atoms with Crippen LogP contribution in [-0.4, -0.2) is 44.1 Å². The third-order valence-corrected chi connectivity index (χ3v) is 5.95. The van der Waals surface area contributed by atoms with Crippen LogP contribution in [0.1, 0.15) is 31.8 Å². The molecule has 0 aromatic heterocycles. The summed E-state index contributed by atoms with van der Waals surface area (Å²) < 4.78 is 0.822. The number of benzene rings is 3. The van der Waals surface area contributed by atoms with E-state index in [1.54, 1.807) is 0 Å². The molecule has 2 heterocycles. The monoisotopic (exact) mass is 386 g/mol. The summed E-state index contributed by atoms with van der Waals surface area (Å²) in [6.45, 7) is 3.71. The molecule has 3 aromatic carbocycles. The number of quaternary nitrogens is 1. The van der Waals surface area contributed by atoms with Gasteiger partial charge in [-0.1, -0.05) is 29.8 Å². The maximum absolute atomic E-state index is 13.5. The molecule has 2 aliphatic rings. The predicted octanol–water partition coefficient (Wildman–Crippen LogP) is 3.93. The summed E-state index contributed by atoms with van der Waals surface area (Å²) in [5, 5.41) is 1.77. The SMILES string of the molecule is Cc1ccc(N2C(=O)c3cccc4c5c(cc(c34)C2=O)C[N+](C)(C)CN5C)cc1. The molecule has 2 amide bonds. The summed E-state index contributed by atoms with van der Waals surface area (Å²) in [6.07, 6.45) is 0. The number of hydrogen-bond acceptors (Lipinski definition) is 3. The largest absolute Gasteiger partial charge is 0.327 e. The van der Waals surface area contributed by atoms with E-state index in [0.29, 0.717) is 16.8 Å². The first kappa shape index (κ1) is 17.9. The quantitative estimate of drug-likeness (QED) is 0.470. The van der Waals surface area contributed by atoms with Crippen molar-refractivity contribution in [2.24, 2.45) is 0 Å². The maximum atomic E-state index is 13.5. The first-order chi connectivity index (χ1) is 13.8. The van der Waals surface area contributed by atoms with Gasteiger partial charge in [-0.15, -0.1) is 0 Å². The highest BCUT2D eigenvalue weighted by molar-refractivity contribution is 6.36. The third-order valence-electron chi connectivity index (χ3n) is 5.95. The number of rotatable bonds is 1. The number of fused-ring (bicyclic) bond motifs is 2. The molecule has 0 spiro atoms. The topological polar surface area (TPSA) is 40.6 Å². The highest BCUT2D eigenvalue weighted by Gasteiger charge is 2.38. The number of carbonyl (C=O) groups is 2. The average Bonchev–Trinajstić information content (AvgIpc) is 2.66. The van der Waals surface area contributed by atoms with Crippen molar-refractivity contribution >= 4 is 34.0 Å². The number of imide groups is 1. The van der Waals surface area contributed by atoms with Gasteiger partial charge in [0, 0.05) is 34.5 Å². The zero-order valence-electron chi connectivity index (χ0n) is 17.2. The zero-order valence-corrected chi connectivity index (χ0v) is 17.2. The molecule has 0 bridgehead atoms. The van der Waals surface area contributed by atoms with Gasteiger partial charge in [0.15, 0.2) is 6.67 Å². The Morgan fingerprint density at radius 1 is 0.931 bits per heavy atom. The van der Waals surface area contributed by atoms with E-state index >= 15 is 0 Å². The van der Waals surface area contributed by atoms with E-state index in [1.807, 2.05) is 55.5 Å². The van der Waals surface area contributed by atoms with E-state index in [4.69, 9.17) is 0 Å². The number of aryl methyl sites for hydroxylation is 1. The Bertz CT molecular complexity index is 1190. The van der Waals surface area contributed by atoms with Gasteiger partial charge < -0.3 is 9.38 Å². The minimum absolute atomic E-state index is 0.246. The summed E-state index contributed by atoms with van der Waals surface area (Å²) in [5.41, 5.74) is 5.19. The van der Waals surface area contributed by atoms with Gasteiger partial charge in [0.1, 0.15) is 6.54 Å². The van der Waals surface area contributed by atoms with Crippen molar-refractivity contribution < 1.29 is 14.1 Å². The predicted molar refractivity (Wildman–Crippen MR) is 115 cm³/mol. The second-order valence-electron chi connectivity index (χ2n) is 8.87. The Hall–Kier alpha value is -3.18. The van der Waals surface area contributed by atoms with Gasteiger partial charge in [-0.3, -0.25) is 9.59 Å². The molecule has 0 aliphatic carbocycles. The molecule has 0 unspecified atom stereocenters. The highest BCUT2D eigenvalue weighted by Crippen LogP contribution is 2.42. The van der Waals surface area contributed by atoms with Crippen LogP contribution in [0.4, 0.5) is 11.4 Å². The molecule has 0 atom stereocenters. The van der Waals surface area contributed by atoms with Crippen molar-refractivity contribution in [3.05, 3.63) is 70.8 Å². The second kappa shape index (κ2) is 5.91. The normalized spacial score (nSPS) is 17.7. The molecule has 146 valence electrons. The molecule has 0 N–H and O–H groups in total. The number of anilines is 2. The van der Waals surface area contributed by atoms with E-state index < -0.39 is 0 Å². The molecular weight excluding hydrogens is 362 g/mol. The van der Waals surface area contributed by atoms with Gasteiger partial charge in [-0.25, -0.2) is 4.90 Å². The van der Waals surface area contributed by atoms with E-state index in [0.717, 1.165) is 45.3 Å². The van der Waals surface area contributed by atoms with Crippen LogP contribution in [0.25, 0.3) is 10.8 Å². The van der Waals surface area contributed by atoms with Crippen LogP contribution in [0.15, 0.2) is 48.5 Å². The molecule has 5 rings (SSSR count). The molecule has 0 fully saturated rings. The van der Waals surface area contributed by atoms with Crippen LogP contribution < -0.4 is 9.80 Å². The van der Waals surface area contributed by atoms with Crippen molar-refractivity contribution in [3.63, 3.8) is 0 Å². The zero-order chi connectivity index (χ0) is 20.5. The molecule has 0 saturated heterocycles. The molecule has 0 saturated carbocycles. The summed E-state index contributed by atoms with van der Waals surface area (Å²) in [7, 11) is 6.46. The Labute approximate surface area is 170 Å². The van der Waals surface area contributed by atoms with E-state index in [2.05, 4.69) is 26.0 Å². The minimum atomic E-state index is -0.258. The Morgan fingerprint density at radius 3 is 2.34 bits per heavy atom. The molecule has 3 aromatic rings. The average molecular weight is 386 g/mol. The van der Waals surface area contributed by atoms with Crippen LogP contribution >= 0.6 is 0 Å². The molecule has 5 heteroatoms. The number of nitrogens with zero attached hydrogens (tertiary/aromatic N) is 3. The van der Waals surface area contributed by atoms with Gasteiger partial charge in [0.2, 0.25) is 0 Å². The van der Waals surface area contributed by atoms with Crippen LogP contribution in [0.5, 0.6) is 0 Å². The van der Waals surface area contributed by atoms with Crippen LogP contribution in [0.2, 0.25) is 0 Å². The molecule has 2 aliphatic heterocycles. The van der Waals surface area contributed by atoms with Gasteiger partial charge >= 0.3 is 0 Å². The fourth-order valence-electron chi connectivity index (χ4n) is 4.86. The van der Waals surface area contributed by atoms with Crippen molar-refractivity contribution in [3.8, 4) is 0 Å². The van der Waals surface area contributed by atoms with E-state index in [-0.39, 0.29) is 11.8 Å². The molecule has 0 radical (unpaired) electrons. The van der Waals surface area contributed by atoms with Gasteiger partial charge in [0.05, 0.1) is 25.5 Å². The highest BCUT2D eigenvalue weighted by atomic mass is 16.2. The number of amides is 2. The first-order valence-corrected chi connectivity index (χ1v) is 9.84. The fraction of sp³-hybridized carbons (Fsp3) is 0.250. The smallest absolute Gasteiger partial charge is 0.266 e. The lowest BCUT2D eigenvalue weighted by atomic mass is 9.89. The summed E-state index contributed by atoms with van der Waals surface area (Å²) in [4.78, 5) is 30.4. The summed E-state index contributed by atoms with van der Waals surface area (Å²) >= 11 is 0. The summed E-state index contributed by atoms with van der Waals surface area (Å²) in [6, 6.07) is 15.3. The Balaban J connectivity index is 1.78. The minimum Gasteiger partial charge on any atom is -0.327 e. The van der Waals surface area contributed by atoms with Gasteiger partial charge in [0.25, 0.3) is 11.8 Å². The van der Waals surface area contributed by atoms with Gasteiger partial charge in [-0.2, -0.15) is 0 Å². The lowest BCUT2D eigenvalue weighted by Gasteiger charge is -2.41. The lowest BCUT2D eigenvalue weighted by Crippen LogP contribution is -2.50. The number of hydrogen-bond donors (Lipinski definition) is 0. The standard InChI is InChI=1S/C24H24N3O2/c1-15-8-10-17(11-9-15)26-23(28)19-7-5-6-18-21(19)20(24(26)29)12-16-13-27(3,4)14-25(2)22(16)18/h5-12H,13-14H2,1-4H3/q+1. The fourth-order valence-corrected chi connectivity index (χ4v) is 4.86. The second-order valence-corrected chi connectivity index (χ2v) is 8.87. The molecule has 5 nitrogen and oxygen atoms in total. The third kappa shape index (κ3) is 2.58. The van der Waals surface area contributed by atoms with Crippen LogP contribution in [-0.2, 0) is 6.54 Å². The van der Waals surface area contributed by atoms with Crippen molar-refractivity contribution in [2.45, 2.75) is 13.5 Å². The van der Waals surface area contributed by atoms with Crippen molar-refractivity contribution in [1.29, 1.82) is 0 Å².